The van der Waals surface area contributed by atoms with Crippen LogP contribution in [0.3, 0.4) is 0 Å². The molecule has 0 spiro atoms. The summed E-state index contributed by atoms with van der Waals surface area (Å²) in [7, 11) is 0. The molecule has 0 saturated carbocycles. The number of nitro benzene ring substituents is 2. The number of hydrogen-bond donors (Lipinski definition) is 1. The molecule has 0 radical (unpaired) electrons. The van der Waals surface area contributed by atoms with Crippen molar-refractivity contribution in [1.82, 2.24) is 5.32 Å². The molecule has 1 aromatic rings. The van der Waals surface area contributed by atoms with Crippen LogP contribution in [0.1, 0.15) is 50.9 Å². The fraction of sp³-hybridized carbons (Fsp3) is 0.529. The van der Waals surface area contributed by atoms with Gasteiger partial charge in [-0.05, 0) is 19.3 Å². The van der Waals surface area contributed by atoms with E-state index in [1.807, 2.05) is 6.92 Å². The van der Waals surface area contributed by atoms with E-state index in [2.05, 4.69) is 5.32 Å². The number of ether oxygens (including phenoxy) is 1. The average molecular weight is 381 g/mol. The smallest absolute Gasteiger partial charge is 0.331 e. The second kappa shape index (κ2) is 9.06. The van der Waals surface area contributed by atoms with E-state index < -0.39 is 38.6 Å². The zero-order chi connectivity index (χ0) is 20.8. The van der Waals surface area contributed by atoms with E-state index in [0.717, 1.165) is 24.6 Å². The summed E-state index contributed by atoms with van der Waals surface area (Å²) in [5, 5.41) is 24.5. The molecule has 10 heteroatoms. The molecule has 1 aromatic carbocycles. The molecule has 1 amide bonds. The van der Waals surface area contributed by atoms with Gasteiger partial charge in [-0.3, -0.25) is 25.0 Å². The summed E-state index contributed by atoms with van der Waals surface area (Å²) >= 11 is 0. The third kappa shape index (κ3) is 5.47. The Morgan fingerprint density at radius 3 is 2.07 bits per heavy atom. The van der Waals surface area contributed by atoms with Gasteiger partial charge < -0.3 is 10.1 Å². The lowest BCUT2D eigenvalue weighted by Gasteiger charge is -2.32. The van der Waals surface area contributed by atoms with E-state index in [0.29, 0.717) is 6.42 Å². The van der Waals surface area contributed by atoms with E-state index >= 15 is 0 Å². The molecule has 0 saturated heterocycles. The van der Waals surface area contributed by atoms with E-state index in [9.17, 15) is 29.8 Å². The highest BCUT2D eigenvalue weighted by Crippen LogP contribution is 2.25. The van der Waals surface area contributed by atoms with Crippen LogP contribution in [-0.4, -0.2) is 33.9 Å². The second-order valence-electron chi connectivity index (χ2n) is 6.55. The fourth-order valence-corrected chi connectivity index (χ4v) is 2.14. The van der Waals surface area contributed by atoms with Crippen molar-refractivity contribution in [2.24, 2.45) is 5.92 Å². The number of nitrogens with one attached hydrogen (secondary N) is 1. The van der Waals surface area contributed by atoms with Gasteiger partial charge in [0, 0.05) is 12.1 Å². The van der Waals surface area contributed by atoms with Crippen LogP contribution in [-0.2, 0) is 9.53 Å². The fourth-order valence-electron chi connectivity index (χ4n) is 2.14. The van der Waals surface area contributed by atoms with Crippen molar-refractivity contribution in [1.29, 1.82) is 0 Å². The molecule has 0 fully saturated rings. The van der Waals surface area contributed by atoms with Crippen molar-refractivity contribution < 1.29 is 24.2 Å². The van der Waals surface area contributed by atoms with Crippen molar-refractivity contribution >= 4 is 23.3 Å². The maximum absolute atomic E-state index is 12.6. The van der Waals surface area contributed by atoms with E-state index in [1.165, 1.54) is 6.92 Å². The third-order valence-corrected chi connectivity index (χ3v) is 4.27. The van der Waals surface area contributed by atoms with Gasteiger partial charge in [-0.15, -0.1) is 0 Å². The Morgan fingerprint density at radius 1 is 1.15 bits per heavy atom. The highest BCUT2D eigenvalue weighted by atomic mass is 16.6. The monoisotopic (exact) mass is 381 g/mol. The molecule has 0 aliphatic heterocycles. The number of esters is 1. The lowest BCUT2D eigenvalue weighted by atomic mass is 9.88. The minimum absolute atomic E-state index is 0.204. The van der Waals surface area contributed by atoms with Gasteiger partial charge >= 0.3 is 5.97 Å². The molecule has 10 nitrogen and oxygen atoms in total. The number of carbonyl (C=O) groups is 2. The Bertz CT molecular complexity index is 716. The van der Waals surface area contributed by atoms with Crippen LogP contribution in [0.25, 0.3) is 0 Å². The number of amides is 1. The molecule has 0 aliphatic carbocycles. The lowest BCUT2D eigenvalue weighted by Crippen LogP contribution is -2.56. The summed E-state index contributed by atoms with van der Waals surface area (Å²) in [6, 6.07) is 2.61. The molecular weight excluding hydrogens is 358 g/mol. The quantitative estimate of drug-likeness (QED) is 0.300. The van der Waals surface area contributed by atoms with Crippen LogP contribution < -0.4 is 5.32 Å². The Balaban J connectivity index is 3.17. The van der Waals surface area contributed by atoms with Gasteiger partial charge in [0.25, 0.3) is 17.3 Å². The maximum atomic E-state index is 12.6. The summed E-state index contributed by atoms with van der Waals surface area (Å²) in [4.78, 5) is 45.3. The van der Waals surface area contributed by atoms with E-state index in [4.69, 9.17) is 4.74 Å². The Hall–Kier alpha value is -3.04. The molecular formula is C17H23N3O7. The van der Waals surface area contributed by atoms with Gasteiger partial charge in [0.15, 0.2) is 0 Å². The van der Waals surface area contributed by atoms with E-state index in [1.54, 1.807) is 13.8 Å². The van der Waals surface area contributed by atoms with Crippen molar-refractivity contribution in [2.45, 2.75) is 46.1 Å². The zero-order valence-corrected chi connectivity index (χ0v) is 15.7. The zero-order valence-electron chi connectivity index (χ0n) is 15.7. The number of nitrogens with zero attached hydrogens (tertiary/aromatic N) is 2. The molecule has 1 rings (SSSR count). The molecule has 148 valence electrons. The summed E-state index contributed by atoms with van der Waals surface area (Å²) in [6.07, 6.45) is 1.50. The average Bonchev–Trinajstić information content (AvgIpc) is 2.60. The standard InChI is InChI=1S/C17H23N3O7/c1-5-6-7-27-16(22)17(4,11(2)3)18-15(21)12-8-13(19(23)24)10-14(9-12)20(25)26/h8-11H,5-7H2,1-4H3,(H,18,21)/t17-/m0/s1. The Morgan fingerprint density at radius 2 is 1.67 bits per heavy atom. The van der Waals surface area contributed by atoms with Crippen LogP contribution >= 0.6 is 0 Å². The van der Waals surface area contributed by atoms with Crippen molar-refractivity contribution in [3.63, 3.8) is 0 Å². The van der Waals surface area contributed by atoms with E-state index in [-0.39, 0.29) is 18.1 Å². The van der Waals surface area contributed by atoms with Gasteiger partial charge in [-0.1, -0.05) is 27.2 Å². The van der Waals surface area contributed by atoms with Crippen molar-refractivity contribution in [3.05, 3.63) is 44.0 Å². The largest absolute Gasteiger partial charge is 0.464 e. The van der Waals surface area contributed by atoms with Crippen molar-refractivity contribution in [2.75, 3.05) is 6.61 Å². The Kier molecular flexibility index (Phi) is 7.38. The number of carbonyl (C=O) groups excluding carboxylic acids is 2. The molecule has 1 N–H and O–H groups in total. The molecule has 0 aromatic heterocycles. The first-order valence-corrected chi connectivity index (χ1v) is 8.46. The highest BCUT2D eigenvalue weighted by molar-refractivity contribution is 5.99. The number of rotatable bonds is 9. The molecule has 0 heterocycles. The van der Waals surface area contributed by atoms with Gasteiger partial charge in [0.05, 0.1) is 28.1 Å². The molecule has 1 atom stereocenters. The number of non-ortho nitro benzene ring substituents is 2. The Labute approximate surface area is 156 Å². The van der Waals surface area contributed by atoms with Crippen LogP contribution in [0, 0.1) is 26.1 Å². The van der Waals surface area contributed by atoms with Crippen LogP contribution in [0.4, 0.5) is 11.4 Å². The van der Waals surface area contributed by atoms with Crippen LogP contribution in [0.2, 0.25) is 0 Å². The van der Waals surface area contributed by atoms with Gasteiger partial charge in [0.2, 0.25) is 0 Å². The normalized spacial score (nSPS) is 12.9. The van der Waals surface area contributed by atoms with Crippen LogP contribution in [0.5, 0.6) is 0 Å². The molecule has 0 aliphatic rings. The third-order valence-electron chi connectivity index (χ3n) is 4.27. The first-order valence-electron chi connectivity index (χ1n) is 8.46. The maximum Gasteiger partial charge on any atom is 0.331 e. The first-order chi connectivity index (χ1) is 12.5. The highest BCUT2D eigenvalue weighted by Gasteiger charge is 2.40. The second-order valence-corrected chi connectivity index (χ2v) is 6.55. The SMILES string of the molecule is CCCCOC(=O)[C@@](C)(NC(=O)c1cc([N+](=O)[O-])cc([N+](=O)[O-])c1)C(C)C. The summed E-state index contributed by atoms with van der Waals surface area (Å²) in [6.45, 7) is 7.03. The predicted octanol–water partition coefficient (Wildman–Crippen LogP) is 2.99. The van der Waals surface area contributed by atoms with Crippen LogP contribution in [0.15, 0.2) is 18.2 Å². The van der Waals surface area contributed by atoms with Gasteiger partial charge in [-0.2, -0.15) is 0 Å². The summed E-state index contributed by atoms with van der Waals surface area (Å²) in [5.74, 6) is -1.84. The number of hydrogen-bond acceptors (Lipinski definition) is 7. The number of unbranched alkanes of at least 4 members (excludes halogenated alkanes) is 1. The van der Waals surface area contributed by atoms with Gasteiger partial charge in [-0.25, -0.2) is 4.79 Å². The molecule has 27 heavy (non-hydrogen) atoms. The predicted molar refractivity (Wildman–Crippen MR) is 96.3 cm³/mol. The molecule has 0 unspecified atom stereocenters. The lowest BCUT2D eigenvalue weighted by molar-refractivity contribution is -0.394. The summed E-state index contributed by atoms with van der Waals surface area (Å²) < 4.78 is 5.20. The summed E-state index contributed by atoms with van der Waals surface area (Å²) in [5.41, 5.74) is -2.87. The van der Waals surface area contributed by atoms with Crippen molar-refractivity contribution in [3.8, 4) is 0 Å². The van der Waals surface area contributed by atoms with Gasteiger partial charge in [0.1, 0.15) is 5.54 Å². The minimum atomic E-state index is -1.40. The number of nitro groups is 2. The molecule has 0 bridgehead atoms. The number of benzene rings is 1. The first kappa shape index (κ1) is 22.0. The minimum Gasteiger partial charge on any atom is -0.464 e. The topological polar surface area (TPSA) is 142 Å².